The number of hydrogen-bond donors (Lipinski definition) is 0. The predicted molar refractivity (Wildman–Crippen MR) is 47.6 cm³/mol. The molecule has 0 amide bonds. The smallest absolute Gasteiger partial charge is 0.0784 e. The fraction of sp³-hybridized carbons (Fsp3) is 0.800. The topological polar surface area (TPSA) is 9.23 Å². The van der Waals surface area contributed by atoms with Gasteiger partial charge < -0.3 is 4.74 Å². The molecular formula is C10H18O. The zero-order chi connectivity index (χ0) is 8.10. The number of allylic oxidation sites excluding steroid dienone is 1. The van der Waals surface area contributed by atoms with Gasteiger partial charge in [0.05, 0.1) is 6.10 Å². The van der Waals surface area contributed by atoms with Crippen LogP contribution in [0.2, 0.25) is 0 Å². The Labute approximate surface area is 69.4 Å². The summed E-state index contributed by atoms with van der Waals surface area (Å²) in [6.07, 6.45) is 7.60. The molecule has 1 atom stereocenters. The minimum atomic E-state index is 0.443. The van der Waals surface area contributed by atoms with E-state index in [1.807, 2.05) is 0 Å². The summed E-state index contributed by atoms with van der Waals surface area (Å²) in [5.41, 5.74) is 1.48. The number of hydrogen-bond acceptors (Lipinski definition) is 1. The molecule has 0 aliphatic carbocycles. The molecule has 1 aliphatic rings. The Hall–Kier alpha value is -0.300. The van der Waals surface area contributed by atoms with E-state index in [1.54, 1.807) is 0 Å². The molecular weight excluding hydrogens is 136 g/mol. The molecule has 11 heavy (non-hydrogen) atoms. The van der Waals surface area contributed by atoms with Gasteiger partial charge in [0.1, 0.15) is 0 Å². The summed E-state index contributed by atoms with van der Waals surface area (Å²) in [5, 5.41) is 0. The van der Waals surface area contributed by atoms with Crippen LogP contribution >= 0.6 is 0 Å². The second-order valence-corrected chi connectivity index (χ2v) is 3.07. The van der Waals surface area contributed by atoms with Gasteiger partial charge in [0.25, 0.3) is 0 Å². The Balaban J connectivity index is 2.43. The van der Waals surface area contributed by atoms with Crippen LogP contribution in [0.3, 0.4) is 0 Å². The molecule has 1 rings (SSSR count). The average Bonchev–Trinajstić information content (AvgIpc) is 2.09. The van der Waals surface area contributed by atoms with Gasteiger partial charge in [-0.1, -0.05) is 13.0 Å². The highest BCUT2D eigenvalue weighted by Crippen LogP contribution is 2.21. The van der Waals surface area contributed by atoms with Crippen molar-refractivity contribution in [1.29, 1.82) is 0 Å². The summed E-state index contributed by atoms with van der Waals surface area (Å²) in [6.45, 7) is 5.27. The van der Waals surface area contributed by atoms with E-state index < -0.39 is 0 Å². The van der Waals surface area contributed by atoms with Crippen molar-refractivity contribution in [2.24, 2.45) is 0 Å². The van der Waals surface area contributed by atoms with Crippen LogP contribution in [-0.4, -0.2) is 12.7 Å². The molecule has 0 aromatic rings. The lowest BCUT2D eigenvalue weighted by molar-refractivity contribution is 0.0376. The molecule has 0 aromatic heterocycles. The van der Waals surface area contributed by atoms with E-state index in [2.05, 4.69) is 19.9 Å². The Morgan fingerprint density at radius 3 is 2.82 bits per heavy atom. The fourth-order valence-corrected chi connectivity index (χ4v) is 1.65. The van der Waals surface area contributed by atoms with Crippen molar-refractivity contribution < 1.29 is 4.74 Å². The van der Waals surface area contributed by atoms with Crippen molar-refractivity contribution in [1.82, 2.24) is 0 Å². The highest BCUT2D eigenvalue weighted by Gasteiger charge is 2.15. The van der Waals surface area contributed by atoms with E-state index in [4.69, 9.17) is 4.74 Å². The summed E-state index contributed by atoms with van der Waals surface area (Å²) in [6, 6.07) is 0. The lowest BCUT2D eigenvalue weighted by atomic mass is 9.99. The van der Waals surface area contributed by atoms with Crippen LogP contribution in [0, 0.1) is 0 Å². The predicted octanol–water partition coefficient (Wildman–Crippen LogP) is 2.91. The first-order valence-corrected chi connectivity index (χ1v) is 4.65. The summed E-state index contributed by atoms with van der Waals surface area (Å²) in [7, 11) is 0. The van der Waals surface area contributed by atoms with Crippen molar-refractivity contribution in [2.75, 3.05) is 6.61 Å². The lowest BCUT2D eigenvalue weighted by Crippen LogP contribution is -2.20. The molecule has 0 radical (unpaired) electrons. The molecule has 64 valence electrons. The van der Waals surface area contributed by atoms with Crippen molar-refractivity contribution in [3.05, 3.63) is 11.6 Å². The monoisotopic (exact) mass is 154 g/mol. The van der Waals surface area contributed by atoms with Crippen molar-refractivity contribution in [2.45, 2.75) is 45.6 Å². The molecule has 0 bridgehead atoms. The van der Waals surface area contributed by atoms with E-state index in [9.17, 15) is 0 Å². The van der Waals surface area contributed by atoms with Gasteiger partial charge in [0, 0.05) is 6.61 Å². The van der Waals surface area contributed by atoms with Gasteiger partial charge in [-0.15, -0.1) is 0 Å². The SMILES string of the molecule is C/C=C(\CC)C1CCCCO1. The summed E-state index contributed by atoms with van der Waals surface area (Å²) in [5.74, 6) is 0. The molecule has 1 unspecified atom stereocenters. The first kappa shape index (κ1) is 8.79. The summed E-state index contributed by atoms with van der Waals surface area (Å²) in [4.78, 5) is 0. The molecule has 1 saturated heterocycles. The molecule has 0 spiro atoms. The van der Waals surface area contributed by atoms with Gasteiger partial charge in [-0.3, -0.25) is 0 Å². The maximum Gasteiger partial charge on any atom is 0.0784 e. The van der Waals surface area contributed by atoms with Crippen molar-refractivity contribution >= 4 is 0 Å². The van der Waals surface area contributed by atoms with Crippen LogP contribution in [0.25, 0.3) is 0 Å². The second kappa shape index (κ2) is 4.55. The minimum Gasteiger partial charge on any atom is -0.374 e. The van der Waals surface area contributed by atoms with Crippen LogP contribution in [0.1, 0.15) is 39.5 Å². The molecule has 0 aromatic carbocycles. The number of ether oxygens (including phenoxy) is 1. The number of rotatable bonds is 2. The van der Waals surface area contributed by atoms with E-state index in [0.29, 0.717) is 6.10 Å². The Morgan fingerprint density at radius 1 is 1.55 bits per heavy atom. The van der Waals surface area contributed by atoms with Crippen LogP contribution in [0.5, 0.6) is 0 Å². The molecule has 1 heteroatoms. The normalized spacial score (nSPS) is 27.1. The van der Waals surface area contributed by atoms with E-state index in [1.165, 1.54) is 24.8 Å². The highest BCUT2D eigenvalue weighted by atomic mass is 16.5. The molecule has 1 nitrogen and oxygen atoms in total. The Morgan fingerprint density at radius 2 is 2.36 bits per heavy atom. The Bertz CT molecular complexity index is 132. The van der Waals surface area contributed by atoms with Gasteiger partial charge >= 0.3 is 0 Å². The summed E-state index contributed by atoms with van der Waals surface area (Å²) < 4.78 is 5.65. The van der Waals surface area contributed by atoms with E-state index >= 15 is 0 Å². The van der Waals surface area contributed by atoms with E-state index in [0.717, 1.165) is 13.0 Å². The molecule has 0 saturated carbocycles. The largest absolute Gasteiger partial charge is 0.374 e. The first-order valence-electron chi connectivity index (χ1n) is 4.65. The standard InChI is InChI=1S/C10H18O/c1-3-9(4-2)10-7-5-6-8-11-10/h3,10H,4-8H2,1-2H3/b9-3+. The minimum absolute atomic E-state index is 0.443. The van der Waals surface area contributed by atoms with Gasteiger partial charge in [0.15, 0.2) is 0 Å². The van der Waals surface area contributed by atoms with Crippen molar-refractivity contribution in [3.8, 4) is 0 Å². The van der Waals surface area contributed by atoms with Crippen LogP contribution in [0.4, 0.5) is 0 Å². The van der Waals surface area contributed by atoms with E-state index in [-0.39, 0.29) is 0 Å². The average molecular weight is 154 g/mol. The fourth-order valence-electron chi connectivity index (χ4n) is 1.65. The maximum absolute atomic E-state index is 5.65. The third-order valence-electron chi connectivity index (χ3n) is 2.37. The highest BCUT2D eigenvalue weighted by molar-refractivity contribution is 5.06. The third kappa shape index (κ3) is 2.33. The van der Waals surface area contributed by atoms with Gasteiger partial charge in [-0.25, -0.2) is 0 Å². The van der Waals surface area contributed by atoms with Crippen LogP contribution in [0.15, 0.2) is 11.6 Å². The Kier molecular flexibility index (Phi) is 3.64. The third-order valence-corrected chi connectivity index (χ3v) is 2.37. The first-order chi connectivity index (χ1) is 5.38. The molecule has 1 fully saturated rings. The van der Waals surface area contributed by atoms with Gasteiger partial charge in [0.2, 0.25) is 0 Å². The van der Waals surface area contributed by atoms with Crippen molar-refractivity contribution in [3.63, 3.8) is 0 Å². The molecule has 1 aliphatic heterocycles. The zero-order valence-electron chi connectivity index (χ0n) is 7.60. The maximum atomic E-state index is 5.65. The second-order valence-electron chi connectivity index (χ2n) is 3.07. The quantitative estimate of drug-likeness (QED) is 0.556. The zero-order valence-corrected chi connectivity index (χ0v) is 7.60. The molecule has 1 heterocycles. The van der Waals surface area contributed by atoms with Crippen LogP contribution in [-0.2, 0) is 4.74 Å². The summed E-state index contributed by atoms with van der Waals surface area (Å²) >= 11 is 0. The molecule has 0 N–H and O–H groups in total. The van der Waals surface area contributed by atoms with Gasteiger partial charge in [-0.05, 0) is 38.2 Å². The van der Waals surface area contributed by atoms with Crippen LogP contribution < -0.4 is 0 Å². The van der Waals surface area contributed by atoms with Gasteiger partial charge in [-0.2, -0.15) is 0 Å². The lowest BCUT2D eigenvalue weighted by Gasteiger charge is -2.24.